The van der Waals surface area contributed by atoms with E-state index in [1.165, 1.54) is 29.2 Å². The van der Waals surface area contributed by atoms with Gasteiger partial charge in [0.1, 0.15) is 28.5 Å². The van der Waals surface area contributed by atoms with Crippen LogP contribution >= 0.6 is 0 Å². The number of rotatable bonds is 13. The molecule has 6 amide bonds. The van der Waals surface area contributed by atoms with Crippen molar-refractivity contribution in [1.82, 2.24) is 19.6 Å². The first-order valence-corrected chi connectivity index (χ1v) is 24.9. The van der Waals surface area contributed by atoms with E-state index in [0.717, 1.165) is 42.5 Å². The van der Waals surface area contributed by atoms with Crippen LogP contribution in [-0.4, -0.2) is 198 Å². The Morgan fingerprint density at radius 3 is 1.64 bits per heavy atom. The van der Waals surface area contributed by atoms with Crippen molar-refractivity contribution in [3.63, 3.8) is 0 Å². The fourth-order valence-corrected chi connectivity index (χ4v) is 10.5. The summed E-state index contributed by atoms with van der Waals surface area (Å²) in [7, 11) is 0.908. The number of aromatic nitrogens is 4. The zero-order chi connectivity index (χ0) is 63.0. The molecule has 86 heavy (non-hydrogen) atoms. The van der Waals surface area contributed by atoms with E-state index in [0.29, 0.717) is 34.9 Å². The summed E-state index contributed by atoms with van der Waals surface area (Å²) in [5.74, 6) is -45.0. The lowest BCUT2D eigenvalue weighted by atomic mass is 9.85. The number of amides is 6. The van der Waals surface area contributed by atoms with Gasteiger partial charge in [-0.05, 0) is 67.8 Å². The number of phenolic OH excluding ortho intramolecular Hbond substituents is 8. The first kappa shape index (κ1) is 58.9. The van der Waals surface area contributed by atoms with Gasteiger partial charge in [0.2, 0.25) is 23.2 Å². The molecule has 1 atom stereocenters. The van der Waals surface area contributed by atoms with E-state index in [1.54, 1.807) is 0 Å². The fourth-order valence-electron chi connectivity index (χ4n) is 10.5. The van der Waals surface area contributed by atoms with Crippen molar-refractivity contribution in [2.75, 3.05) is 46.6 Å². The van der Waals surface area contributed by atoms with Crippen molar-refractivity contribution >= 4 is 58.2 Å². The van der Waals surface area contributed by atoms with Crippen LogP contribution in [0.1, 0.15) is 72.3 Å². The number of primary amides is 2. The Hall–Kier alpha value is -10.3. The van der Waals surface area contributed by atoms with Crippen LogP contribution in [0.25, 0.3) is 11.4 Å². The van der Waals surface area contributed by atoms with Crippen molar-refractivity contribution in [2.24, 2.45) is 11.5 Å². The van der Waals surface area contributed by atoms with Gasteiger partial charge in [-0.15, -0.1) is 0 Å². The molecule has 454 valence electrons. The number of carbonyl (C=O) groups is 6. The van der Waals surface area contributed by atoms with Crippen LogP contribution in [0.2, 0.25) is 0 Å². The molecule has 0 radical (unpaired) electrons. The highest BCUT2D eigenvalue weighted by Crippen LogP contribution is 2.60. The molecule has 0 saturated carbocycles. The van der Waals surface area contributed by atoms with Gasteiger partial charge in [-0.3, -0.25) is 38.6 Å². The number of benzene rings is 4. The zero-order valence-corrected chi connectivity index (χ0v) is 43.8. The molecule has 2 fully saturated rings. The molecule has 6 aromatic rings. The monoisotopic (exact) mass is 1200 g/mol. The van der Waals surface area contributed by atoms with Crippen LogP contribution in [0.15, 0.2) is 48.5 Å². The van der Waals surface area contributed by atoms with E-state index in [2.05, 4.69) is 10.2 Å². The van der Waals surface area contributed by atoms with Gasteiger partial charge in [0.05, 0.1) is 19.2 Å². The standard InChI is InChI=1S/C50H48N10O26/c1-84-40-38(68)36(66)31(37(67)39(40)69)60-27-22(25(54-60)41(51)70)13-15-56(43(27)72)29-32(62)34(64)30(35(65)33(29)63)58-45(74)47(77,78)48(79,80)49(81,50(58,82)83)86-17-85-21-11-9-20(10-12-21)59-28-23(26(53-59)42(52)71)16-46(75,76)57(44(28)73)19-7-5-18(6-8-19)55-14-3-2-4-24(55)61/h5-12,62-69,75-83H,2-4,13-17H2,1H3,(H2,51,70)(H2,52,71). The van der Waals surface area contributed by atoms with Crippen molar-refractivity contribution in [3.8, 4) is 68.9 Å². The average Bonchev–Trinajstić information content (AvgIpc) is 0.866. The van der Waals surface area contributed by atoms with Crippen LogP contribution in [-0.2, 0) is 27.2 Å². The van der Waals surface area contributed by atoms with E-state index in [-0.39, 0.29) is 44.5 Å². The summed E-state index contributed by atoms with van der Waals surface area (Å²) in [5.41, 5.74) is 3.68. The molecule has 4 aliphatic heterocycles. The maximum absolute atomic E-state index is 14.4. The Bertz CT molecular complexity index is 3860. The van der Waals surface area contributed by atoms with E-state index in [1.807, 2.05) is 0 Å². The topological polar surface area (TPSA) is 575 Å². The minimum atomic E-state index is -5.02. The summed E-state index contributed by atoms with van der Waals surface area (Å²) in [6.07, 6.45) is 0.370. The van der Waals surface area contributed by atoms with Gasteiger partial charge in [-0.25, -0.2) is 14.3 Å². The maximum atomic E-state index is 14.4. The summed E-state index contributed by atoms with van der Waals surface area (Å²) < 4.78 is 16.2. The number of nitrogens with two attached hydrogens (primary N) is 2. The van der Waals surface area contributed by atoms with Crippen molar-refractivity contribution in [3.05, 3.63) is 82.4 Å². The Morgan fingerprint density at radius 2 is 1.08 bits per heavy atom. The molecule has 4 aromatic carbocycles. The van der Waals surface area contributed by atoms with Crippen LogP contribution in [0.5, 0.6) is 57.5 Å². The number of ether oxygens (including phenoxy) is 3. The first-order valence-electron chi connectivity index (χ1n) is 24.9. The van der Waals surface area contributed by atoms with Gasteiger partial charge in [0.15, 0.2) is 58.4 Å². The number of nitrogens with zero attached hydrogens (tertiary/aromatic N) is 8. The lowest BCUT2D eigenvalue weighted by molar-refractivity contribution is -0.517. The number of aromatic hydroxyl groups is 8. The lowest BCUT2D eigenvalue weighted by Gasteiger charge is -2.56. The van der Waals surface area contributed by atoms with Gasteiger partial charge in [0.25, 0.3) is 41.2 Å². The first-order chi connectivity index (χ1) is 40.2. The van der Waals surface area contributed by atoms with Crippen LogP contribution in [0, 0.1) is 0 Å². The second-order valence-electron chi connectivity index (χ2n) is 19.8. The Morgan fingerprint density at radius 1 is 0.570 bits per heavy atom. The number of hydrogen-bond donors (Lipinski definition) is 19. The molecule has 6 heterocycles. The molecule has 36 nitrogen and oxygen atoms in total. The third kappa shape index (κ3) is 8.30. The minimum Gasteiger partial charge on any atom is -0.503 e. The summed E-state index contributed by atoms with van der Waals surface area (Å²) in [4.78, 5) is 81.6. The molecule has 4 aliphatic rings. The molecular weight excluding hydrogens is 1160 g/mol. The van der Waals surface area contributed by atoms with Gasteiger partial charge < -0.3 is 117 Å². The molecule has 0 bridgehead atoms. The largest absolute Gasteiger partial charge is 0.503 e. The Kier molecular flexibility index (Phi) is 13.7. The average molecular weight is 1200 g/mol. The van der Waals surface area contributed by atoms with E-state index in [4.69, 9.17) is 25.7 Å². The molecule has 2 saturated heterocycles. The molecule has 21 N–H and O–H groups in total. The van der Waals surface area contributed by atoms with Gasteiger partial charge in [-0.2, -0.15) is 10.2 Å². The van der Waals surface area contributed by atoms with Gasteiger partial charge in [-0.1, -0.05) is 0 Å². The van der Waals surface area contributed by atoms with Crippen LogP contribution < -0.4 is 40.5 Å². The highest BCUT2D eigenvalue weighted by Gasteiger charge is 2.82. The van der Waals surface area contributed by atoms with E-state index < -0.39 is 176 Å². The third-order valence-electron chi connectivity index (χ3n) is 14.8. The highest BCUT2D eigenvalue weighted by molar-refractivity contribution is 6.14. The summed E-state index contributed by atoms with van der Waals surface area (Å²) in [6.45, 7) is -2.02. The zero-order valence-electron chi connectivity index (χ0n) is 43.8. The van der Waals surface area contributed by atoms with Crippen molar-refractivity contribution < 1.29 is 130 Å². The summed E-state index contributed by atoms with van der Waals surface area (Å²) >= 11 is 0. The van der Waals surface area contributed by atoms with Crippen LogP contribution in [0.4, 0.5) is 22.7 Å². The molecule has 10 rings (SSSR count). The molecule has 0 spiro atoms. The number of anilines is 4. The Labute approximate surface area is 477 Å². The van der Waals surface area contributed by atoms with E-state index in [9.17, 15) is 116 Å². The number of carbonyl (C=O) groups excluding carboxylic acids is 6. The normalized spacial score (nSPS) is 19.6. The number of fused-ring (bicyclic) bond motifs is 2. The van der Waals surface area contributed by atoms with Gasteiger partial charge in [0, 0.05) is 42.0 Å². The number of hydrogen-bond acceptors (Lipinski definition) is 28. The molecule has 0 aliphatic carbocycles. The van der Waals surface area contributed by atoms with E-state index >= 15 is 0 Å². The SMILES string of the molecule is COc1c(O)c(O)c(-n2nc(C(N)=O)c3c2C(=O)N(c2c(O)c(O)c(N4C(=O)C(O)(O)C(O)(O)C(O)(OCOc5ccc(-n6nc(C(N)=O)c7c6C(=O)N(c6ccc(N8CCCCC8=O)cc6)C(O)(O)C7)cc5)C4(O)O)c(O)c2O)CC3)c(O)c1O. The summed E-state index contributed by atoms with van der Waals surface area (Å²) in [6, 6.07) is 10.1. The fraction of sp³-hybridized carbons (Fsp3) is 0.280. The second kappa shape index (κ2) is 19.9. The smallest absolute Gasteiger partial charge is 0.317 e. The third-order valence-corrected chi connectivity index (χ3v) is 14.8. The summed E-state index contributed by atoms with van der Waals surface area (Å²) in [5, 5.41) is 198. The number of aliphatic hydroxyl groups is 9. The maximum Gasteiger partial charge on any atom is 0.317 e. The van der Waals surface area contributed by atoms with Crippen LogP contribution in [0.3, 0.4) is 0 Å². The second-order valence-corrected chi connectivity index (χ2v) is 19.8. The van der Waals surface area contributed by atoms with Gasteiger partial charge >= 0.3 is 17.5 Å². The molecule has 2 aromatic heterocycles. The minimum absolute atomic E-state index is 0.0557. The quantitative estimate of drug-likeness (QED) is 0.0295. The predicted molar refractivity (Wildman–Crippen MR) is 277 cm³/mol. The number of methoxy groups -OCH3 is 1. The predicted octanol–water partition coefficient (Wildman–Crippen LogP) is -4.44. The molecule has 36 heteroatoms. The lowest BCUT2D eigenvalue weighted by Crippen LogP contribution is -2.89. The Balaban J connectivity index is 0.936. The number of phenols is 8. The van der Waals surface area contributed by atoms with Crippen molar-refractivity contribution in [1.29, 1.82) is 0 Å². The molecular formula is C50H48N10O26. The van der Waals surface area contributed by atoms with Crippen molar-refractivity contribution in [2.45, 2.75) is 61.3 Å². The molecule has 1 unspecified atom stereocenters. The number of piperidine rings is 2. The highest BCUT2D eigenvalue weighted by atomic mass is 16.8.